The van der Waals surface area contributed by atoms with Crippen molar-refractivity contribution in [2.75, 3.05) is 20.6 Å². The Balaban J connectivity index is 2.44. The molecule has 0 bridgehead atoms. The Morgan fingerprint density at radius 1 is 1.26 bits per heavy atom. The molecule has 0 N–H and O–H groups in total. The van der Waals surface area contributed by atoms with Crippen LogP contribution in [-0.2, 0) is 11.2 Å². The Morgan fingerprint density at radius 3 is 2.57 bits per heavy atom. The average molecular weight is 328 g/mol. The third-order valence-corrected chi connectivity index (χ3v) is 3.19. The Labute approximate surface area is 129 Å². The van der Waals surface area contributed by atoms with Crippen LogP contribution in [-0.4, -0.2) is 42.4 Å². The molecule has 0 saturated heterocycles. The predicted molar refractivity (Wildman–Crippen MR) is 78.1 cm³/mol. The van der Waals surface area contributed by atoms with Crippen LogP contribution in [0.5, 0.6) is 0 Å². The summed E-state index contributed by atoms with van der Waals surface area (Å²) in [6.45, 7) is 0.727. The number of halogens is 3. The van der Waals surface area contributed by atoms with Crippen LogP contribution in [0, 0.1) is 0 Å². The first kappa shape index (κ1) is 17.0. The minimum atomic E-state index is -5.11. The second-order valence-corrected chi connectivity index (χ2v) is 5.29. The number of fused-ring (bicyclic) bond motifs is 1. The first-order valence-corrected chi connectivity index (χ1v) is 6.77. The number of pyridine rings is 1. The van der Waals surface area contributed by atoms with E-state index in [-0.39, 0.29) is 16.3 Å². The molecule has 2 rings (SSSR count). The molecular weight excluding hydrogens is 313 g/mol. The molecule has 0 aliphatic heterocycles. The van der Waals surface area contributed by atoms with Gasteiger partial charge in [0.15, 0.2) is 5.43 Å². The maximum Gasteiger partial charge on any atom is 0.493 e. The van der Waals surface area contributed by atoms with E-state index in [1.54, 1.807) is 12.1 Å². The van der Waals surface area contributed by atoms with E-state index in [1.165, 1.54) is 6.07 Å². The molecule has 0 amide bonds. The average Bonchev–Trinajstić information content (AvgIpc) is 2.47. The lowest BCUT2D eigenvalue weighted by Crippen LogP contribution is -2.33. The molecule has 2 aromatic rings. The number of aromatic nitrogens is 1. The molecule has 0 spiro atoms. The third kappa shape index (κ3) is 4.10. The minimum absolute atomic E-state index is 0.117. The minimum Gasteiger partial charge on any atom is -0.328 e. The van der Waals surface area contributed by atoms with Gasteiger partial charge in [-0.3, -0.25) is 4.79 Å². The summed E-state index contributed by atoms with van der Waals surface area (Å²) in [6.07, 6.45) is -3.47. The van der Waals surface area contributed by atoms with Gasteiger partial charge in [0.05, 0.1) is 5.52 Å². The van der Waals surface area contributed by atoms with E-state index in [1.807, 2.05) is 19.0 Å². The lowest BCUT2D eigenvalue weighted by atomic mass is 10.1. The number of alkyl halides is 3. The molecule has 124 valence electrons. The first-order valence-electron chi connectivity index (χ1n) is 6.77. The fourth-order valence-corrected chi connectivity index (χ4v) is 2.00. The van der Waals surface area contributed by atoms with E-state index < -0.39 is 12.1 Å². The second-order valence-electron chi connectivity index (χ2n) is 5.29. The zero-order valence-electron chi connectivity index (χ0n) is 12.6. The molecule has 0 radical (unpaired) electrons. The van der Waals surface area contributed by atoms with E-state index in [2.05, 4.69) is 4.84 Å². The van der Waals surface area contributed by atoms with Gasteiger partial charge in [-0.05, 0) is 38.2 Å². The van der Waals surface area contributed by atoms with Gasteiger partial charge in [0.2, 0.25) is 0 Å². The molecule has 0 unspecified atom stereocenters. The number of benzene rings is 1. The summed E-state index contributed by atoms with van der Waals surface area (Å²) in [4.78, 5) is 29.1. The van der Waals surface area contributed by atoms with E-state index in [4.69, 9.17) is 0 Å². The van der Waals surface area contributed by atoms with E-state index in [0.29, 0.717) is 11.2 Å². The van der Waals surface area contributed by atoms with Crippen molar-refractivity contribution in [3.8, 4) is 0 Å². The Bertz CT molecular complexity index is 782. The molecule has 1 heterocycles. The van der Waals surface area contributed by atoms with Crippen LogP contribution < -0.4 is 10.3 Å². The van der Waals surface area contributed by atoms with Gasteiger partial charge in [-0.1, -0.05) is 6.07 Å². The molecule has 5 nitrogen and oxygen atoms in total. The van der Waals surface area contributed by atoms with Crippen LogP contribution in [0.1, 0.15) is 5.56 Å². The maximum atomic E-state index is 12.3. The van der Waals surface area contributed by atoms with Crippen molar-refractivity contribution < 1.29 is 22.8 Å². The molecule has 0 saturated carbocycles. The van der Waals surface area contributed by atoms with Crippen LogP contribution in [0.3, 0.4) is 0 Å². The van der Waals surface area contributed by atoms with Crippen molar-refractivity contribution in [3.63, 3.8) is 0 Å². The number of carbonyl (C=O) groups excluding carboxylic acids is 1. The number of carbonyl (C=O) groups is 1. The standard InChI is InChI=1S/C15H15F3N2O3/c1-19(2)7-5-10-3-4-11-12(9-10)20(8-6-13(11)21)23-14(22)15(16,17)18/h3-4,6,8-9H,5,7H2,1-2H3. The Kier molecular flexibility index (Phi) is 4.74. The van der Waals surface area contributed by atoms with Gasteiger partial charge in [0.1, 0.15) is 0 Å². The fourth-order valence-electron chi connectivity index (χ4n) is 2.00. The number of hydrogen-bond acceptors (Lipinski definition) is 4. The molecular formula is C15H15F3N2O3. The smallest absolute Gasteiger partial charge is 0.328 e. The van der Waals surface area contributed by atoms with Gasteiger partial charge in [-0.15, -0.1) is 0 Å². The quantitative estimate of drug-likeness (QED) is 0.856. The maximum absolute atomic E-state index is 12.3. The van der Waals surface area contributed by atoms with Crippen LogP contribution >= 0.6 is 0 Å². The highest BCUT2D eigenvalue weighted by molar-refractivity contribution is 5.81. The third-order valence-electron chi connectivity index (χ3n) is 3.19. The number of hydrogen-bond donors (Lipinski definition) is 0. The molecule has 0 aliphatic carbocycles. The summed E-state index contributed by atoms with van der Waals surface area (Å²) in [6, 6.07) is 5.83. The fraction of sp³-hybridized carbons (Fsp3) is 0.333. The van der Waals surface area contributed by atoms with Gasteiger partial charge in [-0.25, -0.2) is 4.79 Å². The molecule has 1 aromatic carbocycles. The summed E-state index contributed by atoms with van der Waals surface area (Å²) >= 11 is 0. The molecule has 23 heavy (non-hydrogen) atoms. The first-order chi connectivity index (χ1) is 10.7. The Morgan fingerprint density at radius 2 is 1.96 bits per heavy atom. The van der Waals surface area contributed by atoms with Crippen LogP contribution in [0.15, 0.2) is 35.3 Å². The van der Waals surface area contributed by atoms with Crippen molar-refractivity contribution in [1.29, 1.82) is 0 Å². The van der Waals surface area contributed by atoms with Crippen molar-refractivity contribution in [2.24, 2.45) is 0 Å². The van der Waals surface area contributed by atoms with Crippen LogP contribution in [0.2, 0.25) is 0 Å². The van der Waals surface area contributed by atoms with E-state index in [9.17, 15) is 22.8 Å². The lowest BCUT2D eigenvalue weighted by molar-refractivity contribution is -0.199. The van der Waals surface area contributed by atoms with Crippen LogP contribution in [0.4, 0.5) is 13.2 Å². The molecule has 0 fully saturated rings. The summed E-state index contributed by atoms with van der Waals surface area (Å²) < 4.78 is 37.7. The highest BCUT2D eigenvalue weighted by Gasteiger charge is 2.42. The van der Waals surface area contributed by atoms with Gasteiger partial charge in [-0.2, -0.15) is 17.9 Å². The molecule has 1 aromatic heterocycles. The number of likely N-dealkylation sites (N-methyl/N-ethyl adjacent to an activating group) is 1. The van der Waals surface area contributed by atoms with Crippen molar-refractivity contribution in [1.82, 2.24) is 9.63 Å². The summed E-state index contributed by atoms with van der Waals surface area (Å²) in [7, 11) is 3.78. The van der Waals surface area contributed by atoms with Gasteiger partial charge in [0, 0.05) is 24.2 Å². The van der Waals surface area contributed by atoms with E-state index >= 15 is 0 Å². The molecule has 8 heteroatoms. The SMILES string of the molecule is CN(C)CCc1ccc2c(=O)ccn(OC(=O)C(F)(F)F)c2c1. The summed E-state index contributed by atoms with van der Waals surface area (Å²) in [5, 5.41) is 0.177. The van der Waals surface area contributed by atoms with Crippen molar-refractivity contribution in [2.45, 2.75) is 12.6 Å². The summed E-state index contributed by atoms with van der Waals surface area (Å²) in [5.41, 5.74) is 0.568. The zero-order valence-corrected chi connectivity index (χ0v) is 12.6. The summed E-state index contributed by atoms with van der Waals surface area (Å²) in [5.74, 6) is -2.35. The van der Waals surface area contributed by atoms with Gasteiger partial charge >= 0.3 is 12.1 Å². The normalized spacial score (nSPS) is 11.9. The lowest BCUT2D eigenvalue weighted by Gasteiger charge is -2.13. The Hall–Kier alpha value is -2.35. The molecule has 0 atom stereocenters. The largest absolute Gasteiger partial charge is 0.493 e. The monoisotopic (exact) mass is 328 g/mol. The highest BCUT2D eigenvalue weighted by atomic mass is 19.4. The van der Waals surface area contributed by atoms with Gasteiger partial charge in [0.25, 0.3) is 0 Å². The van der Waals surface area contributed by atoms with Crippen molar-refractivity contribution >= 4 is 16.9 Å². The zero-order chi connectivity index (χ0) is 17.2. The molecule has 0 aliphatic rings. The highest BCUT2D eigenvalue weighted by Crippen LogP contribution is 2.17. The van der Waals surface area contributed by atoms with Gasteiger partial charge < -0.3 is 9.74 Å². The number of rotatable bonds is 4. The topological polar surface area (TPSA) is 51.5 Å². The second kappa shape index (κ2) is 6.41. The van der Waals surface area contributed by atoms with Crippen molar-refractivity contribution in [3.05, 3.63) is 46.2 Å². The van der Waals surface area contributed by atoms with Crippen LogP contribution in [0.25, 0.3) is 10.9 Å². The predicted octanol–water partition coefficient (Wildman–Crippen LogP) is 1.62. The van der Waals surface area contributed by atoms with E-state index in [0.717, 1.165) is 24.4 Å². The number of nitrogens with zero attached hydrogens (tertiary/aromatic N) is 2.